The van der Waals surface area contributed by atoms with Gasteiger partial charge in [0.15, 0.2) is 0 Å². The molecule has 1 aromatic rings. The summed E-state index contributed by atoms with van der Waals surface area (Å²) in [6, 6.07) is 9.31. The lowest BCUT2D eigenvalue weighted by Gasteiger charge is -2.32. The van der Waals surface area contributed by atoms with E-state index in [2.05, 4.69) is 57.3 Å². The Kier molecular flexibility index (Phi) is 3.43. The van der Waals surface area contributed by atoms with Crippen molar-refractivity contribution in [2.45, 2.75) is 64.3 Å². The first-order valence-electron chi connectivity index (χ1n) is 7.55. The molecule has 0 aromatic heterocycles. The predicted octanol–water partition coefficient (Wildman–Crippen LogP) is 2.24. The van der Waals surface area contributed by atoms with Crippen molar-refractivity contribution in [2.75, 3.05) is 0 Å². The first-order chi connectivity index (χ1) is 9.37. The van der Waals surface area contributed by atoms with Crippen LogP contribution in [0.4, 0.5) is 0 Å². The van der Waals surface area contributed by atoms with Crippen molar-refractivity contribution < 1.29 is 9.31 Å². The van der Waals surface area contributed by atoms with E-state index in [1.165, 1.54) is 18.4 Å². The molecule has 1 saturated carbocycles. The van der Waals surface area contributed by atoms with Crippen molar-refractivity contribution in [3.8, 4) is 0 Å². The van der Waals surface area contributed by atoms with Gasteiger partial charge in [-0.25, -0.2) is 0 Å². The van der Waals surface area contributed by atoms with E-state index in [9.17, 15) is 0 Å². The maximum atomic E-state index is 6.06. The Hall–Kier alpha value is -0.835. The first kappa shape index (κ1) is 14.1. The van der Waals surface area contributed by atoms with E-state index >= 15 is 0 Å². The quantitative estimate of drug-likeness (QED) is 0.853. The van der Waals surface area contributed by atoms with Crippen LogP contribution in [0.1, 0.15) is 46.1 Å². The van der Waals surface area contributed by atoms with Crippen LogP contribution in [0.3, 0.4) is 0 Å². The van der Waals surface area contributed by atoms with Gasteiger partial charge in [0.25, 0.3) is 0 Å². The highest BCUT2D eigenvalue weighted by atomic mass is 16.7. The lowest BCUT2D eigenvalue weighted by Crippen LogP contribution is -2.41. The molecule has 0 atom stereocenters. The fourth-order valence-corrected chi connectivity index (χ4v) is 2.32. The third-order valence-electron chi connectivity index (χ3n) is 4.68. The summed E-state index contributed by atoms with van der Waals surface area (Å²) in [5.74, 6) is 0. The maximum absolute atomic E-state index is 6.06. The lowest BCUT2D eigenvalue weighted by atomic mass is 9.79. The van der Waals surface area contributed by atoms with Crippen molar-refractivity contribution in [1.82, 2.24) is 5.32 Å². The van der Waals surface area contributed by atoms with Crippen LogP contribution in [0.15, 0.2) is 24.3 Å². The minimum atomic E-state index is -0.274. The molecule has 4 heteroatoms. The van der Waals surface area contributed by atoms with Crippen LogP contribution in [-0.2, 0) is 15.9 Å². The van der Waals surface area contributed by atoms with Gasteiger partial charge in [0.1, 0.15) is 0 Å². The van der Waals surface area contributed by atoms with Crippen LogP contribution in [0.5, 0.6) is 0 Å². The van der Waals surface area contributed by atoms with Gasteiger partial charge in [0, 0.05) is 12.6 Å². The van der Waals surface area contributed by atoms with Gasteiger partial charge in [-0.15, -0.1) is 0 Å². The fraction of sp³-hybridized carbons (Fsp3) is 0.625. The molecular formula is C16H24BNO2. The molecule has 1 saturated heterocycles. The van der Waals surface area contributed by atoms with Gasteiger partial charge in [-0.05, 0) is 51.6 Å². The van der Waals surface area contributed by atoms with Gasteiger partial charge in [-0.2, -0.15) is 0 Å². The summed E-state index contributed by atoms with van der Waals surface area (Å²) < 4.78 is 12.1. The average molecular weight is 273 g/mol. The Morgan fingerprint density at radius 3 is 2.10 bits per heavy atom. The normalized spacial score (nSPS) is 24.1. The third kappa shape index (κ3) is 2.78. The second-order valence-electron chi connectivity index (χ2n) is 6.99. The van der Waals surface area contributed by atoms with E-state index in [0.29, 0.717) is 0 Å². The van der Waals surface area contributed by atoms with Crippen LogP contribution >= 0.6 is 0 Å². The van der Waals surface area contributed by atoms with E-state index in [1.807, 2.05) is 0 Å². The van der Waals surface area contributed by atoms with E-state index in [4.69, 9.17) is 9.31 Å². The van der Waals surface area contributed by atoms with Gasteiger partial charge >= 0.3 is 7.12 Å². The average Bonchev–Trinajstić information content (AvgIpc) is 3.16. The molecule has 0 bridgehead atoms. The zero-order chi connectivity index (χ0) is 14.4. The first-order valence-corrected chi connectivity index (χ1v) is 7.55. The van der Waals surface area contributed by atoms with Gasteiger partial charge in [-0.3, -0.25) is 0 Å². The zero-order valence-corrected chi connectivity index (χ0v) is 12.9. The highest BCUT2D eigenvalue weighted by molar-refractivity contribution is 6.62. The number of benzene rings is 1. The Morgan fingerprint density at radius 1 is 1.05 bits per heavy atom. The molecule has 0 amide bonds. The summed E-state index contributed by atoms with van der Waals surface area (Å²) in [4.78, 5) is 0. The number of rotatable bonds is 4. The molecule has 3 nitrogen and oxygen atoms in total. The molecule has 2 fully saturated rings. The Labute approximate surface area is 122 Å². The maximum Gasteiger partial charge on any atom is 0.494 e. The van der Waals surface area contributed by atoms with Crippen molar-refractivity contribution in [1.29, 1.82) is 0 Å². The lowest BCUT2D eigenvalue weighted by molar-refractivity contribution is 0.00578. The minimum Gasteiger partial charge on any atom is -0.399 e. The summed E-state index contributed by atoms with van der Waals surface area (Å²) in [5.41, 5.74) is 1.87. The molecule has 1 N–H and O–H groups in total. The fourth-order valence-electron chi connectivity index (χ4n) is 2.32. The molecule has 1 aromatic carbocycles. The largest absolute Gasteiger partial charge is 0.494 e. The van der Waals surface area contributed by atoms with Crippen LogP contribution in [0.2, 0.25) is 0 Å². The van der Waals surface area contributed by atoms with Crippen LogP contribution < -0.4 is 10.8 Å². The van der Waals surface area contributed by atoms with E-state index in [0.717, 1.165) is 18.0 Å². The van der Waals surface area contributed by atoms with E-state index in [-0.39, 0.29) is 18.3 Å². The topological polar surface area (TPSA) is 30.5 Å². The molecule has 0 unspecified atom stereocenters. The van der Waals surface area contributed by atoms with E-state index in [1.54, 1.807) is 0 Å². The van der Waals surface area contributed by atoms with Gasteiger partial charge in [-0.1, -0.05) is 24.3 Å². The smallest absolute Gasteiger partial charge is 0.399 e. The molecule has 3 rings (SSSR count). The van der Waals surface area contributed by atoms with Crippen LogP contribution in [0, 0.1) is 0 Å². The summed E-state index contributed by atoms with van der Waals surface area (Å²) in [6.45, 7) is 9.29. The van der Waals surface area contributed by atoms with E-state index < -0.39 is 0 Å². The predicted molar refractivity (Wildman–Crippen MR) is 82.0 cm³/mol. The number of hydrogen-bond donors (Lipinski definition) is 1. The molecule has 1 heterocycles. The second-order valence-corrected chi connectivity index (χ2v) is 6.99. The molecule has 20 heavy (non-hydrogen) atoms. The van der Waals surface area contributed by atoms with Gasteiger partial charge in [0.2, 0.25) is 0 Å². The zero-order valence-electron chi connectivity index (χ0n) is 12.9. The molecular weight excluding hydrogens is 249 g/mol. The SMILES string of the molecule is CC1(C)OB(c2ccc(CNC3CC3)cc2)OC1(C)C. The monoisotopic (exact) mass is 273 g/mol. The standard InChI is InChI=1S/C16H24BNO2/c1-15(2)16(3,4)20-17(19-15)13-7-5-12(6-8-13)11-18-14-9-10-14/h5-8,14,18H,9-11H2,1-4H3. The molecule has 2 aliphatic rings. The van der Waals surface area contributed by atoms with Crippen LogP contribution in [0.25, 0.3) is 0 Å². The molecule has 108 valence electrons. The molecule has 1 aliphatic heterocycles. The highest BCUT2D eigenvalue weighted by Gasteiger charge is 2.51. The Bertz CT molecular complexity index is 464. The van der Waals surface area contributed by atoms with Crippen molar-refractivity contribution in [2.24, 2.45) is 0 Å². The third-order valence-corrected chi connectivity index (χ3v) is 4.68. The number of nitrogens with one attached hydrogen (secondary N) is 1. The Morgan fingerprint density at radius 2 is 1.60 bits per heavy atom. The highest BCUT2D eigenvalue weighted by Crippen LogP contribution is 2.36. The van der Waals surface area contributed by atoms with Crippen molar-refractivity contribution >= 4 is 12.6 Å². The molecule has 0 radical (unpaired) electrons. The van der Waals surface area contributed by atoms with Crippen molar-refractivity contribution in [3.05, 3.63) is 29.8 Å². The second kappa shape index (κ2) is 4.87. The van der Waals surface area contributed by atoms with Gasteiger partial charge < -0.3 is 14.6 Å². The minimum absolute atomic E-state index is 0.259. The summed E-state index contributed by atoms with van der Waals surface area (Å²) in [6.07, 6.45) is 2.65. The Balaban J connectivity index is 1.65. The summed E-state index contributed by atoms with van der Waals surface area (Å²) in [7, 11) is -0.259. The number of hydrogen-bond acceptors (Lipinski definition) is 3. The molecule has 1 aliphatic carbocycles. The van der Waals surface area contributed by atoms with Gasteiger partial charge in [0.05, 0.1) is 11.2 Å². The molecule has 0 spiro atoms. The summed E-state index contributed by atoms with van der Waals surface area (Å²) >= 11 is 0. The summed E-state index contributed by atoms with van der Waals surface area (Å²) in [5, 5.41) is 3.53. The van der Waals surface area contributed by atoms with Crippen LogP contribution in [-0.4, -0.2) is 24.4 Å². The van der Waals surface area contributed by atoms with Crippen molar-refractivity contribution in [3.63, 3.8) is 0 Å².